The zero-order valence-corrected chi connectivity index (χ0v) is 19.1. The van der Waals surface area contributed by atoms with Crippen molar-refractivity contribution in [2.75, 3.05) is 42.4 Å². The van der Waals surface area contributed by atoms with Crippen LogP contribution in [0.15, 0.2) is 42.7 Å². The van der Waals surface area contributed by atoms with Crippen molar-refractivity contribution in [3.05, 3.63) is 59.4 Å². The molecule has 1 aromatic heterocycles. The van der Waals surface area contributed by atoms with Crippen molar-refractivity contribution in [3.63, 3.8) is 0 Å². The highest BCUT2D eigenvalue weighted by atomic mass is 16.5. The van der Waals surface area contributed by atoms with E-state index in [1.165, 1.54) is 24.4 Å². The zero-order valence-electron chi connectivity index (χ0n) is 19.1. The molecule has 0 bridgehead atoms. The van der Waals surface area contributed by atoms with Crippen molar-refractivity contribution in [1.82, 2.24) is 15.0 Å². The Balaban J connectivity index is 1.46. The van der Waals surface area contributed by atoms with Crippen LogP contribution in [-0.4, -0.2) is 47.7 Å². The summed E-state index contributed by atoms with van der Waals surface area (Å²) in [5.41, 5.74) is 4.99. The van der Waals surface area contributed by atoms with Crippen LogP contribution in [0.2, 0.25) is 0 Å². The molecule has 3 aromatic rings. The van der Waals surface area contributed by atoms with Crippen molar-refractivity contribution in [2.45, 2.75) is 26.8 Å². The number of benzene rings is 2. The van der Waals surface area contributed by atoms with Gasteiger partial charge in [-0.15, -0.1) is 0 Å². The maximum absolute atomic E-state index is 11.4. The third kappa shape index (κ3) is 5.56. The lowest BCUT2D eigenvalue weighted by atomic mass is 10.00. The van der Waals surface area contributed by atoms with Gasteiger partial charge in [-0.1, -0.05) is 12.1 Å². The predicted octanol–water partition coefficient (Wildman–Crippen LogP) is 3.47. The van der Waals surface area contributed by atoms with E-state index in [-0.39, 0.29) is 5.91 Å². The first-order valence-electron chi connectivity index (χ1n) is 10.8. The minimum atomic E-state index is -0.114. The topological polar surface area (TPSA) is 102 Å². The lowest BCUT2D eigenvalue weighted by Gasteiger charge is -2.29. The van der Waals surface area contributed by atoms with Gasteiger partial charge < -0.3 is 25.0 Å². The summed E-state index contributed by atoms with van der Waals surface area (Å²) < 4.78 is 10.8. The van der Waals surface area contributed by atoms with E-state index in [1.54, 1.807) is 7.11 Å². The van der Waals surface area contributed by atoms with Crippen LogP contribution in [0, 0.1) is 6.92 Å². The molecule has 0 radical (unpaired) electrons. The Hall–Kier alpha value is -3.72. The number of hydrogen-bond donors (Lipinski definition) is 2. The van der Waals surface area contributed by atoms with Crippen molar-refractivity contribution < 1.29 is 14.3 Å². The molecular weight excluding hydrogens is 420 g/mol. The largest absolute Gasteiger partial charge is 0.491 e. The van der Waals surface area contributed by atoms with Gasteiger partial charge in [0.2, 0.25) is 17.8 Å². The fraction of sp³-hybridized carbons (Fsp3) is 0.333. The van der Waals surface area contributed by atoms with Gasteiger partial charge >= 0.3 is 0 Å². The Bertz CT molecular complexity index is 1140. The molecule has 0 fully saturated rings. The third-order valence-corrected chi connectivity index (χ3v) is 5.48. The van der Waals surface area contributed by atoms with Crippen LogP contribution in [0.4, 0.5) is 23.3 Å². The van der Waals surface area contributed by atoms with Gasteiger partial charge in [0, 0.05) is 38.5 Å². The average molecular weight is 449 g/mol. The minimum absolute atomic E-state index is 0.114. The van der Waals surface area contributed by atoms with Crippen LogP contribution in [0.1, 0.15) is 23.6 Å². The predicted molar refractivity (Wildman–Crippen MR) is 127 cm³/mol. The van der Waals surface area contributed by atoms with E-state index >= 15 is 0 Å². The Morgan fingerprint density at radius 3 is 2.79 bits per heavy atom. The Kier molecular flexibility index (Phi) is 6.99. The van der Waals surface area contributed by atoms with Crippen LogP contribution in [0.5, 0.6) is 5.75 Å². The molecule has 2 heterocycles. The number of carbonyl (C=O) groups is 1. The van der Waals surface area contributed by atoms with Gasteiger partial charge in [-0.05, 0) is 54.3 Å². The highest BCUT2D eigenvalue weighted by Crippen LogP contribution is 2.28. The van der Waals surface area contributed by atoms with E-state index < -0.39 is 0 Å². The molecule has 1 aliphatic heterocycles. The van der Waals surface area contributed by atoms with Gasteiger partial charge in [0.15, 0.2) is 0 Å². The van der Waals surface area contributed by atoms with Gasteiger partial charge in [0.05, 0.1) is 6.61 Å². The Morgan fingerprint density at radius 1 is 1.12 bits per heavy atom. The molecule has 0 spiro atoms. The molecule has 0 saturated heterocycles. The number of anilines is 4. The minimum Gasteiger partial charge on any atom is -0.491 e. The number of rotatable bonds is 8. The number of hydrogen-bond acceptors (Lipinski definition) is 8. The number of nitrogens with one attached hydrogen (secondary N) is 2. The molecule has 2 aromatic carbocycles. The molecule has 0 unspecified atom stereocenters. The number of nitrogens with zero attached hydrogens (tertiary/aromatic N) is 4. The molecule has 9 heteroatoms. The van der Waals surface area contributed by atoms with Crippen LogP contribution in [-0.2, 0) is 22.5 Å². The summed E-state index contributed by atoms with van der Waals surface area (Å²) in [6, 6.07) is 11.8. The van der Waals surface area contributed by atoms with Gasteiger partial charge in [0.1, 0.15) is 18.7 Å². The number of aromatic nitrogens is 3. The lowest BCUT2D eigenvalue weighted by molar-refractivity contribution is -0.114. The first-order chi connectivity index (χ1) is 16.0. The molecule has 33 heavy (non-hydrogen) atoms. The summed E-state index contributed by atoms with van der Waals surface area (Å²) >= 11 is 0. The molecule has 0 aliphatic carbocycles. The Morgan fingerprint density at radius 2 is 1.97 bits per heavy atom. The highest BCUT2D eigenvalue weighted by Gasteiger charge is 2.20. The maximum Gasteiger partial charge on any atom is 0.232 e. The number of amides is 1. The van der Waals surface area contributed by atoms with Crippen LogP contribution >= 0.6 is 0 Å². The second kappa shape index (κ2) is 10.3. The van der Waals surface area contributed by atoms with Gasteiger partial charge in [-0.3, -0.25) is 4.79 Å². The zero-order chi connectivity index (χ0) is 23.2. The van der Waals surface area contributed by atoms with Crippen LogP contribution in [0.3, 0.4) is 0 Å². The summed E-state index contributed by atoms with van der Waals surface area (Å²) in [5.74, 6) is 1.82. The normalized spacial score (nSPS) is 12.8. The quantitative estimate of drug-likeness (QED) is 0.505. The second-order valence-corrected chi connectivity index (χ2v) is 7.84. The molecule has 0 saturated carbocycles. The van der Waals surface area contributed by atoms with E-state index in [2.05, 4.69) is 42.6 Å². The molecular formula is C24H28N6O3. The van der Waals surface area contributed by atoms with Crippen molar-refractivity contribution in [1.29, 1.82) is 0 Å². The molecule has 2 N–H and O–H groups in total. The standard InChI is InChI=1S/C24H28N6O3/c1-16-21(27-17(2)31)5-4-6-22(16)28-23-25-15-26-24(29-23)30-10-9-18-13-20(33-12-11-32-3)8-7-19(18)14-30/h4-8,13,15H,9-12,14H2,1-3H3,(H,27,31)(H,25,26,28,29). The van der Waals surface area contributed by atoms with Gasteiger partial charge in [0.25, 0.3) is 0 Å². The number of ether oxygens (including phenoxy) is 2. The van der Waals surface area contributed by atoms with E-state index in [9.17, 15) is 4.79 Å². The summed E-state index contributed by atoms with van der Waals surface area (Å²) in [5, 5.41) is 6.08. The van der Waals surface area contributed by atoms with E-state index in [1.807, 2.05) is 31.2 Å². The number of methoxy groups -OCH3 is 1. The Labute approximate surface area is 193 Å². The molecule has 9 nitrogen and oxygen atoms in total. The average Bonchev–Trinajstić information content (AvgIpc) is 2.81. The maximum atomic E-state index is 11.4. The molecule has 172 valence electrons. The van der Waals surface area contributed by atoms with E-state index in [0.29, 0.717) is 31.7 Å². The van der Waals surface area contributed by atoms with Crippen molar-refractivity contribution >= 4 is 29.2 Å². The van der Waals surface area contributed by atoms with Crippen molar-refractivity contribution in [2.24, 2.45) is 0 Å². The van der Waals surface area contributed by atoms with Gasteiger partial charge in [-0.25, -0.2) is 9.97 Å². The first kappa shape index (κ1) is 22.5. The molecule has 1 amide bonds. The monoisotopic (exact) mass is 448 g/mol. The van der Waals surface area contributed by atoms with Crippen LogP contribution < -0.4 is 20.3 Å². The number of fused-ring (bicyclic) bond motifs is 1. The fourth-order valence-electron chi connectivity index (χ4n) is 3.75. The summed E-state index contributed by atoms with van der Waals surface area (Å²) in [6.45, 7) is 6.05. The van der Waals surface area contributed by atoms with E-state index in [4.69, 9.17) is 9.47 Å². The smallest absolute Gasteiger partial charge is 0.232 e. The molecule has 0 atom stereocenters. The fourth-order valence-corrected chi connectivity index (χ4v) is 3.75. The third-order valence-electron chi connectivity index (χ3n) is 5.48. The second-order valence-electron chi connectivity index (χ2n) is 7.84. The van der Waals surface area contributed by atoms with Crippen molar-refractivity contribution in [3.8, 4) is 5.75 Å². The lowest BCUT2D eigenvalue weighted by Crippen LogP contribution is -2.32. The summed E-state index contributed by atoms with van der Waals surface area (Å²) in [4.78, 5) is 26.9. The SMILES string of the molecule is COCCOc1ccc2c(c1)CCN(c1ncnc(Nc3cccc(NC(C)=O)c3C)n1)C2. The highest BCUT2D eigenvalue weighted by molar-refractivity contribution is 5.90. The molecule has 1 aliphatic rings. The summed E-state index contributed by atoms with van der Waals surface area (Å²) in [7, 11) is 1.66. The van der Waals surface area contributed by atoms with Crippen LogP contribution in [0.25, 0.3) is 0 Å². The summed E-state index contributed by atoms with van der Waals surface area (Å²) in [6.07, 6.45) is 2.39. The first-order valence-corrected chi connectivity index (χ1v) is 10.8. The number of carbonyl (C=O) groups excluding carboxylic acids is 1. The van der Waals surface area contributed by atoms with E-state index in [0.717, 1.165) is 35.7 Å². The van der Waals surface area contributed by atoms with Gasteiger partial charge in [-0.2, -0.15) is 4.98 Å². The molecule has 4 rings (SSSR count).